The van der Waals surface area contributed by atoms with Gasteiger partial charge in [-0.15, -0.1) is 0 Å². The minimum absolute atomic E-state index is 0.0645. The summed E-state index contributed by atoms with van der Waals surface area (Å²) < 4.78 is 23.5. The number of phosphoric acid groups is 1. The Bertz CT molecular complexity index is 865. The molecule has 0 heterocycles. The van der Waals surface area contributed by atoms with Crippen molar-refractivity contribution in [1.82, 2.24) is 5.32 Å². The van der Waals surface area contributed by atoms with Crippen LogP contribution >= 0.6 is 7.82 Å². The molecule has 8 nitrogen and oxygen atoms in total. The van der Waals surface area contributed by atoms with Crippen molar-refractivity contribution in [2.24, 2.45) is 0 Å². The van der Waals surface area contributed by atoms with E-state index >= 15 is 0 Å². The van der Waals surface area contributed by atoms with Gasteiger partial charge in [-0.25, -0.2) is 4.57 Å². The predicted molar refractivity (Wildman–Crippen MR) is 222 cm³/mol. The van der Waals surface area contributed by atoms with Crippen LogP contribution in [0.3, 0.4) is 0 Å². The Morgan fingerprint density at radius 3 is 1.42 bits per heavy atom. The van der Waals surface area contributed by atoms with Crippen LogP contribution in [0.15, 0.2) is 12.2 Å². The van der Waals surface area contributed by atoms with Crippen molar-refractivity contribution in [2.75, 3.05) is 40.9 Å². The van der Waals surface area contributed by atoms with Crippen molar-refractivity contribution in [3.05, 3.63) is 12.2 Å². The third-order valence-corrected chi connectivity index (χ3v) is 11.0. The average molecular weight is 760 g/mol. The molecule has 9 heteroatoms. The molecule has 0 aliphatic carbocycles. The largest absolute Gasteiger partial charge is 0.472 e. The van der Waals surface area contributed by atoms with Crippen LogP contribution in [0.4, 0.5) is 0 Å². The Balaban J connectivity index is 4.38. The highest BCUT2D eigenvalue weighted by molar-refractivity contribution is 7.47. The molecule has 3 atom stereocenters. The summed E-state index contributed by atoms with van der Waals surface area (Å²) in [6.07, 6.45) is 39.8. The molecule has 3 N–H and O–H groups in total. The summed E-state index contributed by atoms with van der Waals surface area (Å²) in [4.78, 5) is 23.1. The maximum atomic E-state index is 12.8. The molecule has 0 radical (unpaired) electrons. The van der Waals surface area contributed by atoms with Crippen LogP contribution in [0.2, 0.25) is 0 Å². The minimum Gasteiger partial charge on any atom is -0.387 e. The Kier molecular flexibility index (Phi) is 35.4. The Labute approximate surface area is 322 Å². The van der Waals surface area contributed by atoms with E-state index in [9.17, 15) is 19.4 Å². The highest BCUT2D eigenvalue weighted by Crippen LogP contribution is 2.43. The number of amides is 1. The number of nitrogens with one attached hydrogen (secondary N) is 1. The van der Waals surface area contributed by atoms with Crippen LogP contribution in [0, 0.1) is 0 Å². The molecule has 0 saturated heterocycles. The van der Waals surface area contributed by atoms with Gasteiger partial charge >= 0.3 is 7.82 Å². The molecule has 0 aromatic heterocycles. The first-order valence-electron chi connectivity index (χ1n) is 22.1. The zero-order valence-electron chi connectivity index (χ0n) is 35.1. The maximum Gasteiger partial charge on any atom is 0.472 e. The van der Waals surface area contributed by atoms with E-state index in [1.807, 2.05) is 27.2 Å². The zero-order chi connectivity index (χ0) is 38.6. The monoisotopic (exact) mass is 760 g/mol. The molecular weight excluding hydrogens is 671 g/mol. The van der Waals surface area contributed by atoms with E-state index in [1.165, 1.54) is 148 Å². The first kappa shape index (κ1) is 51.2. The number of phosphoric ester groups is 1. The number of quaternary nitrogens is 1. The number of hydrogen-bond acceptors (Lipinski definition) is 5. The Hall–Kier alpha value is -0.760. The number of rotatable bonds is 40. The lowest BCUT2D eigenvalue weighted by Crippen LogP contribution is -2.45. The van der Waals surface area contributed by atoms with Gasteiger partial charge in [-0.3, -0.25) is 13.8 Å². The van der Waals surface area contributed by atoms with Crippen molar-refractivity contribution in [1.29, 1.82) is 0 Å². The lowest BCUT2D eigenvalue weighted by Gasteiger charge is -2.25. The van der Waals surface area contributed by atoms with Gasteiger partial charge in [-0.2, -0.15) is 0 Å². The van der Waals surface area contributed by atoms with Gasteiger partial charge < -0.3 is 19.8 Å². The van der Waals surface area contributed by atoms with Crippen molar-refractivity contribution in [3.63, 3.8) is 0 Å². The molecule has 52 heavy (non-hydrogen) atoms. The second-order valence-electron chi connectivity index (χ2n) is 16.4. The van der Waals surface area contributed by atoms with Gasteiger partial charge in [0.1, 0.15) is 13.2 Å². The fourth-order valence-corrected chi connectivity index (χ4v) is 7.19. The van der Waals surface area contributed by atoms with Crippen LogP contribution in [0.5, 0.6) is 0 Å². The van der Waals surface area contributed by atoms with Crippen LogP contribution in [0.25, 0.3) is 0 Å². The smallest absolute Gasteiger partial charge is 0.387 e. The number of aliphatic hydroxyl groups is 1. The van der Waals surface area contributed by atoms with Crippen LogP contribution < -0.4 is 5.32 Å². The second kappa shape index (κ2) is 35.9. The van der Waals surface area contributed by atoms with E-state index in [4.69, 9.17) is 9.05 Å². The summed E-state index contributed by atoms with van der Waals surface area (Å²) in [5.41, 5.74) is 0. The number of hydrogen-bond donors (Lipinski definition) is 3. The molecule has 0 aromatic carbocycles. The summed E-state index contributed by atoms with van der Waals surface area (Å²) in [5, 5.41) is 13.8. The molecule has 0 saturated carbocycles. The number of carbonyl (C=O) groups excluding carboxylic acids is 1. The summed E-state index contributed by atoms with van der Waals surface area (Å²) in [5.74, 6) is -0.175. The van der Waals surface area contributed by atoms with E-state index in [0.29, 0.717) is 17.4 Å². The van der Waals surface area contributed by atoms with Crippen molar-refractivity contribution in [2.45, 2.75) is 219 Å². The third kappa shape index (κ3) is 37.6. The third-order valence-electron chi connectivity index (χ3n) is 10.0. The molecule has 1 amide bonds. The number of likely N-dealkylation sites (N-methyl/N-ethyl adjacent to an activating group) is 1. The summed E-state index contributed by atoms with van der Waals surface area (Å²) in [7, 11) is 1.58. The SMILES string of the molecule is CCCCCCCCCCCCC/C=C/[C@H](O)[C@@H](COP(=O)(O)OCC[N+](C)(C)C)NC(=O)CCCCCCCCCCCCCCCCCCC. The van der Waals surface area contributed by atoms with E-state index in [1.54, 1.807) is 6.08 Å². The fraction of sp³-hybridized carbons (Fsp3) is 0.930. The number of unbranched alkanes of at least 4 members (excludes halogenated alkanes) is 27. The molecule has 0 aliphatic heterocycles. The molecule has 0 aliphatic rings. The first-order chi connectivity index (χ1) is 25.0. The molecule has 0 bridgehead atoms. The first-order valence-corrected chi connectivity index (χ1v) is 23.6. The van der Waals surface area contributed by atoms with E-state index in [0.717, 1.165) is 38.5 Å². The highest BCUT2D eigenvalue weighted by Gasteiger charge is 2.27. The van der Waals surface area contributed by atoms with Crippen LogP contribution in [-0.4, -0.2) is 73.4 Å². The lowest BCUT2D eigenvalue weighted by molar-refractivity contribution is -0.870. The van der Waals surface area contributed by atoms with Gasteiger partial charge in [0.15, 0.2) is 0 Å². The summed E-state index contributed by atoms with van der Waals surface area (Å²) in [6, 6.07) is -0.839. The molecular formula is C43H88N2O6P+. The molecule has 1 unspecified atom stereocenters. The second-order valence-corrected chi connectivity index (χ2v) is 17.9. The molecule has 0 fully saturated rings. The van der Waals surface area contributed by atoms with E-state index in [2.05, 4.69) is 19.2 Å². The standard InChI is InChI=1S/C43H87N2O6P/c1-6-8-10-12-14-16-18-20-21-22-23-25-27-29-31-33-35-37-43(47)44-41(40-51-52(48,49)50-39-38-45(3,4)5)42(46)36-34-32-30-28-26-24-19-17-15-13-11-9-7-2/h34,36,41-42,46H,6-33,35,37-40H2,1-5H3,(H-,44,47,48,49)/p+1/b36-34+/t41-,42+/m1/s1. The van der Waals surface area contributed by atoms with Gasteiger partial charge in [0.25, 0.3) is 0 Å². The summed E-state index contributed by atoms with van der Waals surface area (Å²) >= 11 is 0. The van der Waals surface area contributed by atoms with Crippen LogP contribution in [-0.2, 0) is 18.4 Å². The lowest BCUT2D eigenvalue weighted by atomic mass is 10.0. The summed E-state index contributed by atoms with van der Waals surface area (Å²) in [6.45, 7) is 4.82. The molecule has 0 rings (SSSR count). The van der Waals surface area contributed by atoms with Crippen molar-refractivity contribution >= 4 is 13.7 Å². The number of nitrogens with zero attached hydrogens (tertiary/aromatic N) is 1. The number of carbonyl (C=O) groups is 1. The molecule has 310 valence electrons. The van der Waals surface area contributed by atoms with Crippen molar-refractivity contribution in [3.8, 4) is 0 Å². The Morgan fingerprint density at radius 1 is 0.635 bits per heavy atom. The quantitative estimate of drug-likeness (QED) is 0.0249. The predicted octanol–water partition coefficient (Wildman–Crippen LogP) is 12.0. The van der Waals surface area contributed by atoms with Crippen molar-refractivity contribution < 1.29 is 32.9 Å². The Morgan fingerprint density at radius 2 is 1.02 bits per heavy atom. The number of allylic oxidation sites excluding steroid dienone is 1. The van der Waals surface area contributed by atoms with Gasteiger partial charge in [0.05, 0.1) is 39.9 Å². The maximum absolute atomic E-state index is 12.8. The normalized spacial score (nSPS) is 14.5. The zero-order valence-corrected chi connectivity index (χ0v) is 36.0. The van der Waals surface area contributed by atoms with E-state index in [-0.39, 0.29) is 19.1 Å². The minimum atomic E-state index is -4.33. The molecule has 0 spiro atoms. The van der Waals surface area contributed by atoms with E-state index < -0.39 is 20.0 Å². The van der Waals surface area contributed by atoms with Crippen LogP contribution in [0.1, 0.15) is 206 Å². The topological polar surface area (TPSA) is 105 Å². The molecule has 0 aromatic rings. The highest BCUT2D eigenvalue weighted by atomic mass is 31.2. The van der Waals surface area contributed by atoms with Gasteiger partial charge in [0, 0.05) is 6.42 Å². The fourth-order valence-electron chi connectivity index (χ4n) is 6.45. The number of aliphatic hydroxyl groups excluding tert-OH is 1. The van der Waals surface area contributed by atoms with Gasteiger partial charge in [0.2, 0.25) is 5.91 Å². The average Bonchev–Trinajstić information content (AvgIpc) is 3.09. The van der Waals surface area contributed by atoms with Gasteiger partial charge in [-0.1, -0.05) is 193 Å². The van der Waals surface area contributed by atoms with Gasteiger partial charge in [-0.05, 0) is 19.3 Å².